The van der Waals surface area contributed by atoms with Gasteiger partial charge in [0, 0.05) is 32.2 Å². The Morgan fingerprint density at radius 2 is 1.70 bits per heavy atom. The summed E-state index contributed by atoms with van der Waals surface area (Å²) in [6, 6.07) is 6.34. The average Bonchev–Trinajstić information content (AvgIpc) is 2.46. The van der Waals surface area contributed by atoms with Crippen LogP contribution in [0, 0.1) is 0 Å². The van der Waals surface area contributed by atoms with Crippen molar-refractivity contribution in [2.45, 2.75) is 25.6 Å². The molecule has 0 saturated carbocycles. The van der Waals surface area contributed by atoms with Crippen molar-refractivity contribution in [2.24, 2.45) is 0 Å². The first-order valence-corrected chi connectivity index (χ1v) is 7.24. The summed E-state index contributed by atoms with van der Waals surface area (Å²) in [6.07, 6.45) is -4.99. The van der Waals surface area contributed by atoms with E-state index < -0.39 is 18.6 Å². The molecule has 0 amide bonds. The monoisotopic (exact) mass is 374 g/mol. The highest BCUT2D eigenvalue weighted by Crippen LogP contribution is 2.34. The Morgan fingerprint density at radius 3 is 2.17 bits per heavy atom. The Hall–Kier alpha value is -0.690. The first-order chi connectivity index (χ1) is 9.99. The molecule has 1 aliphatic heterocycles. The maximum absolute atomic E-state index is 12.9. The zero-order valence-electron chi connectivity index (χ0n) is 12.9. The van der Waals surface area contributed by atoms with Gasteiger partial charge < -0.3 is 10.1 Å². The largest absolute Gasteiger partial charge is 0.494 e. The molecule has 1 N–H and O–H groups in total. The van der Waals surface area contributed by atoms with E-state index >= 15 is 0 Å². The molecule has 134 valence electrons. The lowest BCUT2D eigenvalue weighted by atomic mass is 10.0. The number of piperazine rings is 1. The number of benzene rings is 1. The second-order valence-corrected chi connectivity index (χ2v) is 5.12. The lowest BCUT2D eigenvalue weighted by Gasteiger charge is -2.35. The zero-order valence-corrected chi connectivity index (χ0v) is 14.6. The molecule has 0 radical (unpaired) electrons. The first kappa shape index (κ1) is 22.3. The fourth-order valence-electron chi connectivity index (χ4n) is 2.62. The van der Waals surface area contributed by atoms with Gasteiger partial charge >= 0.3 is 6.18 Å². The van der Waals surface area contributed by atoms with Gasteiger partial charge in [-0.1, -0.05) is 12.1 Å². The number of halogens is 5. The van der Waals surface area contributed by atoms with Gasteiger partial charge in [0.25, 0.3) is 0 Å². The predicted octanol–water partition coefficient (Wildman–Crippen LogP) is 3.83. The predicted molar refractivity (Wildman–Crippen MR) is 90.0 cm³/mol. The average molecular weight is 375 g/mol. The zero-order chi connectivity index (χ0) is 15.3. The fourth-order valence-corrected chi connectivity index (χ4v) is 2.62. The normalized spacial score (nSPS) is 16.9. The quantitative estimate of drug-likeness (QED) is 0.847. The fraction of sp³-hybridized carbons (Fsp3) is 0.600. The van der Waals surface area contributed by atoms with Gasteiger partial charge in [-0.2, -0.15) is 13.2 Å². The summed E-state index contributed by atoms with van der Waals surface area (Å²) >= 11 is 0. The summed E-state index contributed by atoms with van der Waals surface area (Å²) in [5, 5.41) is 3.17. The number of nitrogens with one attached hydrogen (secondary N) is 1. The smallest absolute Gasteiger partial charge is 0.390 e. The SMILES string of the molecule is CCOc1ccc([C@@H](CC(F)(F)F)N2CCNCC2)cc1.Cl.Cl. The lowest BCUT2D eigenvalue weighted by Crippen LogP contribution is -2.46. The number of hydrogen-bond acceptors (Lipinski definition) is 3. The lowest BCUT2D eigenvalue weighted by molar-refractivity contribution is -0.148. The van der Waals surface area contributed by atoms with Crippen LogP contribution in [-0.2, 0) is 0 Å². The third-order valence-corrected chi connectivity index (χ3v) is 3.59. The minimum absolute atomic E-state index is 0. The Morgan fingerprint density at radius 1 is 1.13 bits per heavy atom. The molecule has 0 bridgehead atoms. The van der Waals surface area contributed by atoms with E-state index in [1.165, 1.54) is 0 Å². The molecule has 0 aromatic heterocycles. The van der Waals surface area contributed by atoms with Gasteiger partial charge in [-0.05, 0) is 24.6 Å². The van der Waals surface area contributed by atoms with Crippen molar-refractivity contribution in [3.8, 4) is 5.75 Å². The van der Waals surface area contributed by atoms with Gasteiger partial charge in [0.05, 0.1) is 13.0 Å². The summed E-state index contributed by atoms with van der Waals surface area (Å²) in [7, 11) is 0. The van der Waals surface area contributed by atoms with Crippen LogP contribution in [0.3, 0.4) is 0 Å². The van der Waals surface area contributed by atoms with Crippen molar-refractivity contribution < 1.29 is 17.9 Å². The summed E-state index contributed by atoms with van der Waals surface area (Å²) in [6.45, 7) is 5.14. The van der Waals surface area contributed by atoms with Crippen LogP contribution < -0.4 is 10.1 Å². The van der Waals surface area contributed by atoms with Crippen molar-refractivity contribution in [3.63, 3.8) is 0 Å². The Labute approximate surface area is 147 Å². The van der Waals surface area contributed by atoms with Crippen LogP contribution in [0.5, 0.6) is 5.75 Å². The summed E-state index contributed by atoms with van der Waals surface area (Å²) in [4.78, 5) is 1.90. The molecule has 3 nitrogen and oxygen atoms in total. The number of hydrogen-bond donors (Lipinski definition) is 1. The number of alkyl halides is 3. The van der Waals surface area contributed by atoms with Crippen molar-refractivity contribution in [3.05, 3.63) is 29.8 Å². The highest BCUT2D eigenvalue weighted by atomic mass is 35.5. The third-order valence-electron chi connectivity index (χ3n) is 3.59. The van der Waals surface area contributed by atoms with Gasteiger partial charge in [-0.15, -0.1) is 24.8 Å². The van der Waals surface area contributed by atoms with E-state index in [-0.39, 0.29) is 24.8 Å². The molecule has 2 rings (SSSR count). The molecule has 1 saturated heterocycles. The first-order valence-electron chi connectivity index (χ1n) is 7.24. The van der Waals surface area contributed by atoms with Crippen LogP contribution in [0.2, 0.25) is 0 Å². The van der Waals surface area contributed by atoms with E-state index in [4.69, 9.17) is 4.74 Å². The van der Waals surface area contributed by atoms with Crippen LogP contribution in [0.15, 0.2) is 24.3 Å². The van der Waals surface area contributed by atoms with E-state index in [1.807, 2.05) is 11.8 Å². The Bertz CT molecular complexity index is 437. The molecule has 0 unspecified atom stereocenters. The molecule has 1 aromatic carbocycles. The van der Waals surface area contributed by atoms with E-state index in [0.29, 0.717) is 31.0 Å². The Kier molecular flexibility index (Phi) is 9.93. The standard InChI is InChI=1S/C15H21F3N2O.2ClH/c1-2-21-13-5-3-12(4-6-13)14(11-15(16,17)18)20-9-7-19-8-10-20;;/h3-6,14,19H,2,7-11H2,1H3;2*1H/t14-;;/m1../s1. The molecular weight excluding hydrogens is 352 g/mol. The van der Waals surface area contributed by atoms with Gasteiger partial charge in [-0.25, -0.2) is 0 Å². The van der Waals surface area contributed by atoms with Crippen molar-refractivity contribution >= 4 is 24.8 Å². The van der Waals surface area contributed by atoms with E-state index in [2.05, 4.69) is 5.32 Å². The molecular formula is C15H23Cl2F3N2O. The maximum atomic E-state index is 12.9. The maximum Gasteiger partial charge on any atom is 0.390 e. The summed E-state index contributed by atoms with van der Waals surface area (Å²) < 4.78 is 44.0. The number of nitrogens with zero attached hydrogens (tertiary/aromatic N) is 1. The molecule has 23 heavy (non-hydrogen) atoms. The van der Waals surface area contributed by atoms with Crippen molar-refractivity contribution in [2.75, 3.05) is 32.8 Å². The highest BCUT2D eigenvalue weighted by molar-refractivity contribution is 5.85. The summed E-state index contributed by atoms with van der Waals surface area (Å²) in [5.74, 6) is 0.687. The molecule has 1 aromatic rings. The molecule has 1 aliphatic rings. The van der Waals surface area contributed by atoms with Crippen LogP contribution in [0.1, 0.15) is 24.9 Å². The van der Waals surface area contributed by atoms with Gasteiger partial charge in [0.15, 0.2) is 0 Å². The van der Waals surface area contributed by atoms with Crippen molar-refractivity contribution in [1.82, 2.24) is 10.2 Å². The van der Waals surface area contributed by atoms with E-state index in [1.54, 1.807) is 24.3 Å². The molecule has 1 heterocycles. The van der Waals surface area contributed by atoms with Gasteiger partial charge in [0.1, 0.15) is 5.75 Å². The summed E-state index contributed by atoms with van der Waals surface area (Å²) in [5.41, 5.74) is 0.692. The van der Waals surface area contributed by atoms with Crippen molar-refractivity contribution in [1.29, 1.82) is 0 Å². The van der Waals surface area contributed by atoms with Crippen LogP contribution >= 0.6 is 24.8 Å². The molecule has 0 aliphatic carbocycles. The number of rotatable bonds is 5. The minimum Gasteiger partial charge on any atom is -0.494 e. The van der Waals surface area contributed by atoms with Gasteiger partial charge in [0.2, 0.25) is 0 Å². The van der Waals surface area contributed by atoms with Crippen LogP contribution in [0.25, 0.3) is 0 Å². The third kappa shape index (κ3) is 7.16. The molecule has 1 fully saturated rings. The topological polar surface area (TPSA) is 24.5 Å². The molecule has 8 heteroatoms. The van der Waals surface area contributed by atoms with Crippen LogP contribution in [-0.4, -0.2) is 43.9 Å². The van der Waals surface area contributed by atoms with Gasteiger partial charge in [-0.3, -0.25) is 4.90 Å². The second-order valence-electron chi connectivity index (χ2n) is 5.12. The highest BCUT2D eigenvalue weighted by Gasteiger charge is 2.35. The molecule has 0 spiro atoms. The van der Waals surface area contributed by atoms with Crippen LogP contribution in [0.4, 0.5) is 13.2 Å². The number of ether oxygens (including phenoxy) is 1. The second kappa shape index (κ2) is 10.2. The van der Waals surface area contributed by atoms with E-state index in [9.17, 15) is 13.2 Å². The minimum atomic E-state index is -4.17. The molecule has 1 atom stereocenters. The van der Waals surface area contributed by atoms with E-state index in [0.717, 1.165) is 13.1 Å². The Balaban J connectivity index is 0.00000242.